The molecule has 2 aromatic heterocycles. The predicted molar refractivity (Wildman–Crippen MR) is 135 cm³/mol. The number of aromatic nitrogens is 2. The van der Waals surface area contributed by atoms with E-state index in [1.54, 1.807) is 19.5 Å². The van der Waals surface area contributed by atoms with E-state index >= 15 is 0 Å². The van der Waals surface area contributed by atoms with Crippen LogP contribution in [0.25, 0.3) is 11.1 Å². The van der Waals surface area contributed by atoms with Crippen molar-refractivity contribution in [2.24, 2.45) is 0 Å². The van der Waals surface area contributed by atoms with Crippen molar-refractivity contribution in [3.05, 3.63) is 82.0 Å². The number of benzene rings is 1. The second-order valence-corrected chi connectivity index (χ2v) is 9.43. The molecule has 6 nitrogen and oxygen atoms in total. The zero-order valence-electron chi connectivity index (χ0n) is 20.1. The highest BCUT2D eigenvalue weighted by Gasteiger charge is 2.23. The first-order valence-electron chi connectivity index (χ1n) is 12.4. The number of pyridine rings is 2. The third kappa shape index (κ3) is 5.08. The highest BCUT2D eigenvalue weighted by Crippen LogP contribution is 2.25. The third-order valence-corrected chi connectivity index (χ3v) is 7.19. The second kappa shape index (κ2) is 10.5. The van der Waals surface area contributed by atoms with Gasteiger partial charge in [0.1, 0.15) is 5.75 Å². The third-order valence-electron chi connectivity index (χ3n) is 7.19. The Morgan fingerprint density at radius 2 is 1.68 bits per heavy atom. The Morgan fingerprint density at radius 3 is 2.41 bits per heavy atom. The van der Waals surface area contributed by atoms with E-state index in [0.29, 0.717) is 0 Å². The molecule has 34 heavy (non-hydrogen) atoms. The van der Waals surface area contributed by atoms with Crippen LogP contribution in [0.3, 0.4) is 0 Å². The van der Waals surface area contributed by atoms with Crippen LogP contribution in [-0.4, -0.2) is 52.6 Å². The number of piperidine rings is 1. The smallest absolute Gasteiger partial charge is 0.258 e. The van der Waals surface area contributed by atoms with E-state index < -0.39 is 0 Å². The molecule has 6 heteroatoms. The zero-order chi connectivity index (χ0) is 23.3. The molecule has 1 aromatic carbocycles. The first-order valence-corrected chi connectivity index (χ1v) is 12.4. The summed E-state index contributed by atoms with van der Waals surface area (Å²) in [6.45, 7) is 6.70. The molecule has 0 bridgehead atoms. The standard InChI is InChI=1S/C28H34N4O2/c1-34-25-7-5-22(6-8-25)20-31-16-11-27-24(21-31)19-26(23-9-12-29-13-10-23)28(33)32(27)18-17-30-14-3-2-4-15-30/h5-10,12-13,19H,2-4,11,14-18,20-21H2,1H3. The van der Waals surface area contributed by atoms with Crippen molar-refractivity contribution in [1.82, 2.24) is 19.4 Å². The molecule has 2 aliphatic heterocycles. The van der Waals surface area contributed by atoms with E-state index in [9.17, 15) is 4.79 Å². The molecule has 2 aliphatic rings. The fourth-order valence-corrected chi connectivity index (χ4v) is 5.30. The van der Waals surface area contributed by atoms with Crippen molar-refractivity contribution in [1.29, 1.82) is 0 Å². The van der Waals surface area contributed by atoms with Crippen molar-refractivity contribution in [2.75, 3.05) is 33.3 Å². The van der Waals surface area contributed by atoms with Gasteiger partial charge in [0.2, 0.25) is 0 Å². The monoisotopic (exact) mass is 458 g/mol. The van der Waals surface area contributed by atoms with Crippen molar-refractivity contribution in [3.8, 4) is 16.9 Å². The Morgan fingerprint density at radius 1 is 0.912 bits per heavy atom. The van der Waals surface area contributed by atoms with E-state index in [0.717, 1.165) is 69.1 Å². The zero-order valence-corrected chi connectivity index (χ0v) is 20.1. The molecular formula is C28H34N4O2. The summed E-state index contributed by atoms with van der Waals surface area (Å²) in [5.41, 5.74) is 5.62. The number of hydrogen-bond donors (Lipinski definition) is 0. The number of nitrogens with zero attached hydrogens (tertiary/aromatic N) is 4. The van der Waals surface area contributed by atoms with Crippen LogP contribution in [0.5, 0.6) is 5.75 Å². The molecule has 0 aliphatic carbocycles. The molecule has 178 valence electrons. The Balaban J connectivity index is 1.42. The molecule has 0 radical (unpaired) electrons. The summed E-state index contributed by atoms with van der Waals surface area (Å²) < 4.78 is 7.37. The first-order chi connectivity index (χ1) is 16.7. The van der Waals surface area contributed by atoms with Gasteiger partial charge in [-0.25, -0.2) is 0 Å². The van der Waals surface area contributed by atoms with Crippen LogP contribution in [-0.2, 0) is 26.1 Å². The lowest BCUT2D eigenvalue weighted by Gasteiger charge is -2.32. The lowest BCUT2D eigenvalue weighted by molar-refractivity contribution is 0.214. The Hall–Kier alpha value is -2.96. The van der Waals surface area contributed by atoms with Gasteiger partial charge < -0.3 is 14.2 Å². The second-order valence-electron chi connectivity index (χ2n) is 9.43. The summed E-state index contributed by atoms with van der Waals surface area (Å²) in [6, 6.07) is 14.3. The number of methoxy groups -OCH3 is 1. The van der Waals surface area contributed by atoms with Crippen LogP contribution >= 0.6 is 0 Å². The average Bonchev–Trinajstić information content (AvgIpc) is 2.89. The quantitative estimate of drug-likeness (QED) is 0.536. The topological polar surface area (TPSA) is 50.6 Å². The normalized spacial score (nSPS) is 16.9. The molecule has 0 amide bonds. The Labute approximate surface area is 201 Å². The molecule has 0 atom stereocenters. The van der Waals surface area contributed by atoms with Crippen LogP contribution in [0.15, 0.2) is 59.7 Å². The van der Waals surface area contributed by atoms with Crippen LogP contribution in [0.1, 0.15) is 36.1 Å². The lowest BCUT2D eigenvalue weighted by Crippen LogP contribution is -2.39. The van der Waals surface area contributed by atoms with Crippen LogP contribution < -0.4 is 10.3 Å². The van der Waals surface area contributed by atoms with Crippen LogP contribution in [0, 0.1) is 0 Å². The minimum absolute atomic E-state index is 0.130. The van der Waals surface area contributed by atoms with E-state index in [1.807, 2.05) is 24.3 Å². The summed E-state index contributed by atoms with van der Waals surface area (Å²) in [7, 11) is 1.70. The number of likely N-dealkylation sites (tertiary alicyclic amines) is 1. The number of ether oxygens (including phenoxy) is 1. The molecule has 0 N–H and O–H groups in total. The van der Waals surface area contributed by atoms with Crippen molar-refractivity contribution >= 4 is 0 Å². The SMILES string of the molecule is COc1ccc(CN2CCc3c(cc(-c4ccncc4)c(=O)n3CCN3CCCCC3)C2)cc1. The fourth-order valence-electron chi connectivity index (χ4n) is 5.30. The minimum Gasteiger partial charge on any atom is -0.497 e. The Kier molecular flexibility index (Phi) is 7.07. The summed E-state index contributed by atoms with van der Waals surface area (Å²) in [4.78, 5) is 22.8. The fraction of sp³-hybridized carbons (Fsp3) is 0.429. The van der Waals surface area contributed by atoms with Crippen molar-refractivity contribution < 1.29 is 4.74 Å². The largest absolute Gasteiger partial charge is 0.497 e. The van der Waals surface area contributed by atoms with Gasteiger partial charge in [-0.3, -0.25) is 14.7 Å². The molecule has 0 saturated carbocycles. The molecule has 1 fully saturated rings. The van der Waals surface area contributed by atoms with Gasteiger partial charge >= 0.3 is 0 Å². The maximum Gasteiger partial charge on any atom is 0.258 e. The number of rotatable bonds is 7. The number of hydrogen-bond acceptors (Lipinski definition) is 5. The molecule has 3 aromatic rings. The van der Waals surface area contributed by atoms with Gasteiger partial charge in [-0.2, -0.15) is 0 Å². The Bertz CT molecular complexity index is 1150. The van der Waals surface area contributed by atoms with Gasteiger partial charge in [-0.1, -0.05) is 18.6 Å². The highest BCUT2D eigenvalue weighted by atomic mass is 16.5. The molecular weight excluding hydrogens is 424 g/mol. The van der Waals surface area contributed by atoms with Gasteiger partial charge in [0.25, 0.3) is 5.56 Å². The highest BCUT2D eigenvalue weighted by molar-refractivity contribution is 5.63. The molecule has 1 saturated heterocycles. The van der Waals surface area contributed by atoms with Crippen LogP contribution in [0.2, 0.25) is 0 Å². The summed E-state index contributed by atoms with van der Waals surface area (Å²) in [5.74, 6) is 0.882. The van der Waals surface area contributed by atoms with Gasteiger partial charge in [0.05, 0.1) is 7.11 Å². The summed E-state index contributed by atoms with van der Waals surface area (Å²) in [6.07, 6.45) is 8.30. The van der Waals surface area contributed by atoms with Gasteiger partial charge in [-0.05, 0) is 73.0 Å². The lowest BCUT2D eigenvalue weighted by atomic mass is 9.99. The van der Waals surface area contributed by atoms with E-state index in [-0.39, 0.29) is 5.56 Å². The van der Waals surface area contributed by atoms with Crippen molar-refractivity contribution in [2.45, 2.75) is 45.3 Å². The molecule has 0 unspecified atom stereocenters. The maximum absolute atomic E-state index is 13.6. The summed E-state index contributed by atoms with van der Waals surface area (Å²) >= 11 is 0. The average molecular weight is 459 g/mol. The van der Waals surface area contributed by atoms with Crippen molar-refractivity contribution in [3.63, 3.8) is 0 Å². The van der Waals surface area contributed by atoms with Gasteiger partial charge in [-0.15, -0.1) is 0 Å². The summed E-state index contributed by atoms with van der Waals surface area (Å²) in [5, 5.41) is 0. The van der Waals surface area contributed by atoms with Crippen LogP contribution in [0.4, 0.5) is 0 Å². The molecule has 4 heterocycles. The molecule has 0 spiro atoms. The van der Waals surface area contributed by atoms with E-state index in [4.69, 9.17) is 4.74 Å². The predicted octanol–water partition coefficient (Wildman–Crippen LogP) is 3.96. The van der Waals surface area contributed by atoms with Gasteiger partial charge in [0, 0.05) is 62.8 Å². The number of fused-ring (bicyclic) bond motifs is 1. The minimum atomic E-state index is 0.130. The molecule has 5 rings (SSSR count). The van der Waals surface area contributed by atoms with E-state index in [1.165, 1.54) is 36.1 Å². The van der Waals surface area contributed by atoms with E-state index in [2.05, 4.69) is 37.5 Å². The first kappa shape index (κ1) is 22.8. The van der Waals surface area contributed by atoms with Gasteiger partial charge in [0.15, 0.2) is 0 Å². The maximum atomic E-state index is 13.6.